The van der Waals surface area contributed by atoms with Crippen molar-refractivity contribution < 1.29 is 4.79 Å². The number of nitrogens with zero attached hydrogens (tertiary/aromatic N) is 3. The molecular formula is C15H20ClN5O. The van der Waals surface area contributed by atoms with Crippen LogP contribution in [-0.2, 0) is 0 Å². The number of aromatic nitrogens is 3. The van der Waals surface area contributed by atoms with Crippen LogP contribution in [0.15, 0.2) is 30.5 Å². The van der Waals surface area contributed by atoms with Gasteiger partial charge in [0.2, 0.25) is 0 Å². The monoisotopic (exact) mass is 321 g/mol. The number of nitrogens with one attached hydrogen (secondary N) is 2. The highest BCUT2D eigenvalue weighted by Gasteiger charge is 2.18. The zero-order chi connectivity index (χ0) is 14.7. The highest BCUT2D eigenvalue weighted by Crippen LogP contribution is 2.09. The van der Waals surface area contributed by atoms with Crippen LogP contribution < -0.4 is 10.6 Å². The third kappa shape index (κ3) is 3.84. The Kier molecular flexibility index (Phi) is 5.51. The molecule has 1 amide bonds. The molecule has 3 rings (SSSR count). The first-order chi connectivity index (χ1) is 10.2. The Labute approximate surface area is 135 Å². The van der Waals surface area contributed by atoms with E-state index in [0.29, 0.717) is 5.69 Å². The van der Waals surface area contributed by atoms with Crippen molar-refractivity contribution in [3.8, 4) is 5.69 Å². The first-order valence-electron chi connectivity index (χ1n) is 7.23. The highest BCUT2D eigenvalue weighted by atomic mass is 35.5. The largest absolute Gasteiger partial charge is 0.347 e. The maximum absolute atomic E-state index is 12.2. The van der Waals surface area contributed by atoms with Gasteiger partial charge in [-0.15, -0.1) is 17.5 Å². The van der Waals surface area contributed by atoms with E-state index in [-0.39, 0.29) is 24.4 Å². The molecule has 6 nitrogen and oxygen atoms in total. The number of carbonyl (C=O) groups is 1. The van der Waals surface area contributed by atoms with Crippen molar-refractivity contribution >= 4 is 18.3 Å². The minimum Gasteiger partial charge on any atom is -0.347 e. The molecule has 1 aromatic heterocycles. The van der Waals surface area contributed by atoms with Crippen molar-refractivity contribution in [2.75, 3.05) is 13.1 Å². The minimum absolute atomic E-state index is 0. The number of piperidine rings is 1. The Balaban J connectivity index is 0.00000176. The van der Waals surface area contributed by atoms with Crippen molar-refractivity contribution in [3.05, 3.63) is 41.7 Å². The second-order valence-corrected chi connectivity index (χ2v) is 5.40. The highest BCUT2D eigenvalue weighted by molar-refractivity contribution is 5.92. The summed E-state index contributed by atoms with van der Waals surface area (Å²) in [5.41, 5.74) is 2.43. The number of hydrogen-bond donors (Lipinski definition) is 2. The van der Waals surface area contributed by atoms with E-state index in [2.05, 4.69) is 20.9 Å². The van der Waals surface area contributed by atoms with Crippen molar-refractivity contribution in [2.45, 2.75) is 25.8 Å². The molecule has 2 aromatic rings. The van der Waals surface area contributed by atoms with Crippen LogP contribution in [0, 0.1) is 6.92 Å². The fourth-order valence-electron chi connectivity index (χ4n) is 2.43. The van der Waals surface area contributed by atoms with Crippen molar-refractivity contribution in [3.63, 3.8) is 0 Å². The molecule has 2 heterocycles. The quantitative estimate of drug-likeness (QED) is 0.898. The van der Waals surface area contributed by atoms with Crippen LogP contribution in [0.4, 0.5) is 0 Å². The third-order valence-electron chi connectivity index (χ3n) is 3.66. The molecule has 0 saturated carbocycles. The second-order valence-electron chi connectivity index (χ2n) is 5.40. The number of benzene rings is 1. The van der Waals surface area contributed by atoms with E-state index >= 15 is 0 Å². The Hall–Kier alpha value is -1.92. The molecule has 7 heteroatoms. The van der Waals surface area contributed by atoms with E-state index in [4.69, 9.17) is 0 Å². The van der Waals surface area contributed by atoms with E-state index in [1.54, 1.807) is 10.9 Å². The maximum Gasteiger partial charge on any atom is 0.273 e. The van der Waals surface area contributed by atoms with E-state index in [9.17, 15) is 4.79 Å². The van der Waals surface area contributed by atoms with Gasteiger partial charge in [-0.05, 0) is 38.4 Å². The maximum atomic E-state index is 12.2. The number of carbonyl (C=O) groups excluding carboxylic acids is 1. The number of hydrogen-bond acceptors (Lipinski definition) is 4. The summed E-state index contributed by atoms with van der Waals surface area (Å²) in [5, 5.41) is 14.2. The van der Waals surface area contributed by atoms with Gasteiger partial charge in [-0.3, -0.25) is 4.79 Å². The van der Waals surface area contributed by atoms with E-state index < -0.39 is 0 Å². The smallest absolute Gasteiger partial charge is 0.273 e. The van der Waals surface area contributed by atoms with Gasteiger partial charge in [-0.2, -0.15) is 0 Å². The average Bonchev–Trinajstić information content (AvgIpc) is 2.99. The van der Waals surface area contributed by atoms with E-state index in [1.807, 2.05) is 31.2 Å². The van der Waals surface area contributed by atoms with Crippen LogP contribution >= 0.6 is 12.4 Å². The molecule has 1 saturated heterocycles. The van der Waals surface area contributed by atoms with Gasteiger partial charge in [-0.1, -0.05) is 22.9 Å². The van der Waals surface area contributed by atoms with Crippen molar-refractivity contribution in [1.29, 1.82) is 0 Å². The molecule has 1 aromatic carbocycles. The van der Waals surface area contributed by atoms with E-state index in [1.165, 1.54) is 5.56 Å². The van der Waals surface area contributed by atoms with Gasteiger partial charge in [0.25, 0.3) is 5.91 Å². The molecule has 1 fully saturated rings. The predicted molar refractivity (Wildman–Crippen MR) is 86.7 cm³/mol. The average molecular weight is 322 g/mol. The molecule has 2 N–H and O–H groups in total. The zero-order valence-corrected chi connectivity index (χ0v) is 13.3. The number of aryl methyl sites for hydroxylation is 1. The van der Waals surface area contributed by atoms with Gasteiger partial charge in [-0.25, -0.2) is 4.68 Å². The number of rotatable bonds is 3. The van der Waals surface area contributed by atoms with Gasteiger partial charge >= 0.3 is 0 Å². The summed E-state index contributed by atoms with van der Waals surface area (Å²) >= 11 is 0. The molecule has 0 aliphatic carbocycles. The fraction of sp³-hybridized carbons (Fsp3) is 0.400. The first-order valence-corrected chi connectivity index (χ1v) is 7.23. The minimum atomic E-state index is -0.165. The molecule has 22 heavy (non-hydrogen) atoms. The van der Waals surface area contributed by atoms with Gasteiger partial charge in [0.05, 0.1) is 11.9 Å². The third-order valence-corrected chi connectivity index (χ3v) is 3.66. The van der Waals surface area contributed by atoms with Crippen LogP contribution in [0.2, 0.25) is 0 Å². The lowest BCUT2D eigenvalue weighted by molar-refractivity contribution is 0.0925. The SMILES string of the molecule is Cc1ccc(-n2cc(C(=O)N[C@H]3CCCNC3)nn2)cc1.Cl. The van der Waals surface area contributed by atoms with Crippen LogP contribution in [0.5, 0.6) is 0 Å². The Morgan fingerprint density at radius 2 is 2.14 bits per heavy atom. The number of amides is 1. The van der Waals surface area contributed by atoms with Gasteiger partial charge in [0.1, 0.15) is 0 Å². The Morgan fingerprint density at radius 1 is 1.36 bits per heavy atom. The zero-order valence-electron chi connectivity index (χ0n) is 12.5. The first kappa shape index (κ1) is 16.5. The molecule has 0 bridgehead atoms. The molecule has 118 valence electrons. The fourth-order valence-corrected chi connectivity index (χ4v) is 2.43. The summed E-state index contributed by atoms with van der Waals surface area (Å²) < 4.78 is 1.62. The van der Waals surface area contributed by atoms with Crippen molar-refractivity contribution in [1.82, 2.24) is 25.6 Å². The summed E-state index contributed by atoms with van der Waals surface area (Å²) in [5.74, 6) is -0.165. The summed E-state index contributed by atoms with van der Waals surface area (Å²) in [4.78, 5) is 12.2. The summed E-state index contributed by atoms with van der Waals surface area (Å²) in [6, 6.07) is 8.10. The van der Waals surface area contributed by atoms with Crippen LogP contribution in [0.25, 0.3) is 5.69 Å². The van der Waals surface area contributed by atoms with Crippen molar-refractivity contribution in [2.24, 2.45) is 0 Å². The molecule has 1 aliphatic rings. The van der Waals surface area contributed by atoms with Gasteiger partial charge in [0.15, 0.2) is 5.69 Å². The number of halogens is 1. The summed E-state index contributed by atoms with van der Waals surface area (Å²) in [6.07, 6.45) is 3.75. The van der Waals surface area contributed by atoms with Gasteiger partial charge in [0, 0.05) is 12.6 Å². The molecule has 1 aliphatic heterocycles. The summed E-state index contributed by atoms with van der Waals surface area (Å²) in [7, 11) is 0. The van der Waals surface area contributed by atoms with E-state index in [0.717, 1.165) is 31.6 Å². The lowest BCUT2D eigenvalue weighted by atomic mass is 10.1. The molecule has 1 atom stereocenters. The van der Waals surface area contributed by atoms with Crippen LogP contribution in [0.1, 0.15) is 28.9 Å². The lowest BCUT2D eigenvalue weighted by Gasteiger charge is -2.23. The van der Waals surface area contributed by atoms with Crippen LogP contribution in [-0.4, -0.2) is 40.0 Å². The van der Waals surface area contributed by atoms with Crippen LogP contribution in [0.3, 0.4) is 0 Å². The Bertz CT molecular complexity index is 619. The second kappa shape index (κ2) is 7.38. The molecule has 0 spiro atoms. The molecule has 0 unspecified atom stereocenters. The normalized spacial score (nSPS) is 17.6. The lowest BCUT2D eigenvalue weighted by Crippen LogP contribution is -2.45. The standard InChI is InChI=1S/C15H19N5O.ClH/c1-11-4-6-13(7-5-11)20-10-14(18-19-20)15(21)17-12-3-2-8-16-9-12;/h4-7,10,12,16H,2-3,8-9H2,1H3,(H,17,21);1H/t12-;/m0./s1. The molecular weight excluding hydrogens is 302 g/mol. The van der Waals surface area contributed by atoms with Gasteiger partial charge < -0.3 is 10.6 Å². The predicted octanol–water partition coefficient (Wildman–Crippen LogP) is 1.48. The molecule has 0 radical (unpaired) electrons. The summed E-state index contributed by atoms with van der Waals surface area (Å²) in [6.45, 7) is 3.87. The Morgan fingerprint density at radius 3 is 2.82 bits per heavy atom. The topological polar surface area (TPSA) is 71.8 Å².